The molecule has 7 nitrogen and oxygen atoms in total. The van der Waals surface area contributed by atoms with Crippen molar-refractivity contribution < 1.29 is 4.74 Å². The van der Waals surface area contributed by atoms with E-state index >= 15 is 0 Å². The number of benzene rings is 1. The van der Waals surface area contributed by atoms with E-state index in [1.54, 1.807) is 6.33 Å². The smallest absolute Gasteiger partial charge is 0.215 e. The van der Waals surface area contributed by atoms with Gasteiger partial charge in [-0.15, -0.1) is 0 Å². The highest BCUT2D eigenvalue weighted by Crippen LogP contribution is 2.32. The van der Waals surface area contributed by atoms with Crippen molar-refractivity contribution in [3.8, 4) is 17.0 Å². The van der Waals surface area contributed by atoms with E-state index in [0.717, 1.165) is 64.8 Å². The van der Waals surface area contributed by atoms with Crippen molar-refractivity contribution in [1.29, 1.82) is 0 Å². The number of piperidine rings is 1. The molecule has 1 fully saturated rings. The first kappa shape index (κ1) is 18.8. The van der Waals surface area contributed by atoms with Crippen molar-refractivity contribution in [3.63, 3.8) is 0 Å². The Kier molecular flexibility index (Phi) is 4.96. The minimum Gasteiger partial charge on any atom is -0.478 e. The summed E-state index contributed by atoms with van der Waals surface area (Å²) in [6.07, 6.45) is 5.89. The molecule has 3 aromatic heterocycles. The highest BCUT2D eigenvalue weighted by atomic mass is 16.5. The first-order valence-corrected chi connectivity index (χ1v) is 10.5. The molecular weight excluding hydrogens is 376 g/mol. The third-order valence-corrected chi connectivity index (χ3v) is 5.81. The number of anilines is 1. The summed E-state index contributed by atoms with van der Waals surface area (Å²) in [5, 5.41) is 5.77. The second-order valence-electron chi connectivity index (χ2n) is 7.86. The van der Waals surface area contributed by atoms with E-state index in [2.05, 4.69) is 61.5 Å². The van der Waals surface area contributed by atoms with Crippen molar-refractivity contribution in [2.45, 2.75) is 25.8 Å². The molecule has 1 aromatic carbocycles. The fourth-order valence-corrected chi connectivity index (χ4v) is 4.14. The Bertz CT molecular complexity index is 1180. The first-order valence-electron chi connectivity index (χ1n) is 10.5. The summed E-state index contributed by atoms with van der Waals surface area (Å²) in [6.45, 7) is 4.78. The number of ether oxygens (including phenoxy) is 1. The summed E-state index contributed by atoms with van der Waals surface area (Å²) in [4.78, 5) is 19.2. The summed E-state index contributed by atoms with van der Waals surface area (Å²) < 4.78 is 5.52. The summed E-state index contributed by atoms with van der Waals surface area (Å²) in [5.74, 6) is 1.54. The summed E-state index contributed by atoms with van der Waals surface area (Å²) >= 11 is 0. The maximum atomic E-state index is 5.52. The maximum Gasteiger partial charge on any atom is 0.215 e. The van der Waals surface area contributed by atoms with Crippen molar-refractivity contribution in [2.24, 2.45) is 0 Å². The molecule has 4 aromatic rings. The fraction of sp³-hybridized carbons (Fsp3) is 0.348. The summed E-state index contributed by atoms with van der Waals surface area (Å²) in [5.41, 5.74) is 3.99. The molecule has 0 spiro atoms. The highest BCUT2D eigenvalue weighted by molar-refractivity contribution is 5.98. The fourth-order valence-electron chi connectivity index (χ4n) is 4.14. The van der Waals surface area contributed by atoms with E-state index in [1.165, 1.54) is 0 Å². The van der Waals surface area contributed by atoms with Crippen LogP contribution in [-0.4, -0.2) is 57.6 Å². The normalized spacial score (nSPS) is 15.7. The molecule has 0 bridgehead atoms. The molecular formula is C23H26N6O. The molecule has 7 heteroatoms. The van der Waals surface area contributed by atoms with Crippen LogP contribution < -0.4 is 10.1 Å². The lowest BCUT2D eigenvalue weighted by molar-refractivity contribution is 0.264. The Morgan fingerprint density at radius 1 is 1.13 bits per heavy atom. The van der Waals surface area contributed by atoms with E-state index < -0.39 is 0 Å². The first-order chi connectivity index (χ1) is 14.7. The standard InChI is InChI=1S/C23H26N6O/c1-3-30-21-7-5-17-19(13-24-22(17)28-21)15-4-6-20-18(12-15)23(26-14-25-20)27-16-8-10-29(2)11-9-16/h4-7,12-14,16H,3,8-11H2,1-2H3,(H,24,28)(H,25,26,27). The van der Waals surface area contributed by atoms with E-state index in [0.29, 0.717) is 18.5 Å². The molecule has 2 N–H and O–H groups in total. The zero-order valence-corrected chi connectivity index (χ0v) is 17.4. The number of nitrogens with one attached hydrogen (secondary N) is 2. The van der Waals surface area contributed by atoms with Gasteiger partial charge in [0, 0.05) is 34.6 Å². The van der Waals surface area contributed by atoms with Crippen LogP contribution in [0, 0.1) is 0 Å². The molecule has 0 radical (unpaired) electrons. The van der Waals surface area contributed by atoms with Crippen molar-refractivity contribution in [2.75, 3.05) is 32.1 Å². The molecule has 4 heterocycles. The van der Waals surface area contributed by atoms with Gasteiger partial charge in [0.1, 0.15) is 17.8 Å². The van der Waals surface area contributed by atoms with Gasteiger partial charge in [-0.2, -0.15) is 4.98 Å². The van der Waals surface area contributed by atoms with E-state index in [1.807, 2.05) is 19.2 Å². The van der Waals surface area contributed by atoms with Gasteiger partial charge in [0.15, 0.2) is 0 Å². The Balaban J connectivity index is 1.51. The quantitative estimate of drug-likeness (QED) is 0.524. The average Bonchev–Trinajstić information content (AvgIpc) is 3.19. The molecule has 0 unspecified atom stereocenters. The lowest BCUT2D eigenvalue weighted by Gasteiger charge is -2.30. The monoisotopic (exact) mass is 402 g/mol. The second kappa shape index (κ2) is 7.91. The van der Waals surface area contributed by atoms with Crippen LogP contribution in [0.2, 0.25) is 0 Å². The lowest BCUT2D eigenvalue weighted by atomic mass is 10.0. The number of likely N-dealkylation sites (tertiary alicyclic amines) is 1. The Hall–Kier alpha value is -3.19. The predicted molar refractivity (Wildman–Crippen MR) is 120 cm³/mol. The molecule has 0 atom stereocenters. The Labute approximate surface area is 175 Å². The van der Waals surface area contributed by atoms with Crippen LogP contribution in [0.25, 0.3) is 33.1 Å². The number of pyridine rings is 1. The number of aromatic amines is 1. The Morgan fingerprint density at radius 3 is 2.83 bits per heavy atom. The Morgan fingerprint density at radius 2 is 2.00 bits per heavy atom. The summed E-state index contributed by atoms with van der Waals surface area (Å²) in [7, 11) is 2.18. The number of aromatic nitrogens is 4. The number of hydrogen-bond donors (Lipinski definition) is 2. The van der Waals surface area contributed by atoms with Gasteiger partial charge in [0.05, 0.1) is 12.1 Å². The average molecular weight is 403 g/mol. The number of fused-ring (bicyclic) bond motifs is 2. The lowest BCUT2D eigenvalue weighted by Crippen LogP contribution is -2.36. The van der Waals surface area contributed by atoms with Gasteiger partial charge in [-0.25, -0.2) is 9.97 Å². The topological polar surface area (TPSA) is 79.0 Å². The van der Waals surface area contributed by atoms with Gasteiger partial charge < -0.3 is 19.9 Å². The van der Waals surface area contributed by atoms with Crippen LogP contribution in [0.15, 0.2) is 42.9 Å². The molecule has 5 rings (SSSR count). The molecule has 1 aliphatic heterocycles. The molecule has 1 saturated heterocycles. The predicted octanol–water partition coefficient (Wildman–Crippen LogP) is 4.08. The van der Waals surface area contributed by atoms with Gasteiger partial charge in [-0.05, 0) is 63.7 Å². The van der Waals surface area contributed by atoms with Crippen LogP contribution in [0.4, 0.5) is 5.82 Å². The SMILES string of the molecule is CCOc1ccc2c(-c3ccc4ncnc(NC5CCN(C)CC5)c4c3)c[nH]c2n1. The van der Waals surface area contributed by atoms with Gasteiger partial charge >= 0.3 is 0 Å². The van der Waals surface area contributed by atoms with E-state index in [-0.39, 0.29) is 0 Å². The van der Waals surface area contributed by atoms with Crippen LogP contribution >= 0.6 is 0 Å². The minimum atomic E-state index is 0.442. The largest absolute Gasteiger partial charge is 0.478 e. The third-order valence-electron chi connectivity index (χ3n) is 5.81. The second-order valence-corrected chi connectivity index (χ2v) is 7.86. The number of hydrogen-bond acceptors (Lipinski definition) is 6. The van der Waals surface area contributed by atoms with Crippen LogP contribution in [0.3, 0.4) is 0 Å². The van der Waals surface area contributed by atoms with Crippen molar-refractivity contribution in [3.05, 3.63) is 42.9 Å². The van der Waals surface area contributed by atoms with Gasteiger partial charge in [0.2, 0.25) is 5.88 Å². The minimum absolute atomic E-state index is 0.442. The van der Waals surface area contributed by atoms with E-state index in [4.69, 9.17) is 4.74 Å². The number of rotatable bonds is 5. The zero-order valence-electron chi connectivity index (χ0n) is 17.4. The van der Waals surface area contributed by atoms with Crippen LogP contribution in [0.1, 0.15) is 19.8 Å². The van der Waals surface area contributed by atoms with Crippen molar-refractivity contribution in [1.82, 2.24) is 24.8 Å². The molecule has 0 amide bonds. The molecule has 0 aliphatic carbocycles. The zero-order chi connectivity index (χ0) is 20.5. The van der Waals surface area contributed by atoms with Gasteiger partial charge in [-0.3, -0.25) is 0 Å². The van der Waals surface area contributed by atoms with E-state index in [9.17, 15) is 0 Å². The van der Waals surface area contributed by atoms with Crippen LogP contribution in [0.5, 0.6) is 5.88 Å². The van der Waals surface area contributed by atoms with Crippen LogP contribution in [-0.2, 0) is 0 Å². The molecule has 0 saturated carbocycles. The molecule has 1 aliphatic rings. The molecule has 154 valence electrons. The third kappa shape index (κ3) is 3.57. The highest BCUT2D eigenvalue weighted by Gasteiger charge is 2.18. The summed E-state index contributed by atoms with van der Waals surface area (Å²) in [6, 6.07) is 10.8. The maximum absolute atomic E-state index is 5.52. The van der Waals surface area contributed by atoms with Crippen molar-refractivity contribution >= 4 is 27.8 Å². The van der Waals surface area contributed by atoms with Gasteiger partial charge in [-0.1, -0.05) is 6.07 Å². The van der Waals surface area contributed by atoms with Gasteiger partial charge in [0.25, 0.3) is 0 Å². The number of H-pyrrole nitrogens is 1. The molecule has 30 heavy (non-hydrogen) atoms. The number of nitrogens with zero attached hydrogens (tertiary/aromatic N) is 4.